The number of hydrogen-bond acceptors (Lipinski definition) is 2. The van der Waals surface area contributed by atoms with Crippen LogP contribution in [0, 0.1) is 6.92 Å². The smallest absolute Gasteiger partial charge is 0.479 e. The Balaban J connectivity index is 0. The second-order valence-electron chi connectivity index (χ2n) is 3.04. The van der Waals surface area contributed by atoms with Gasteiger partial charge in [0.25, 0.3) is 0 Å². The summed E-state index contributed by atoms with van der Waals surface area (Å²) in [5.41, 5.74) is -1.36. The second kappa shape index (κ2) is 7.43. The zero-order valence-electron chi connectivity index (χ0n) is 8.55. The van der Waals surface area contributed by atoms with Crippen LogP contribution in [0.2, 0.25) is 0 Å². The maximum absolute atomic E-state index is 10.1. The van der Waals surface area contributed by atoms with Crippen LogP contribution in [-0.4, -0.2) is 21.8 Å². The topological polar surface area (TPSA) is 57.5 Å². The number of carbonyl (C=O) groups is 1. The number of aliphatic carboxylic acids is 1. The van der Waals surface area contributed by atoms with Gasteiger partial charge in [0.15, 0.2) is 5.60 Å². The first-order valence-electron chi connectivity index (χ1n) is 4.32. The molecule has 0 atom stereocenters. The van der Waals surface area contributed by atoms with Gasteiger partial charge in [0.1, 0.15) is 0 Å². The maximum atomic E-state index is 10.1. The van der Waals surface area contributed by atoms with E-state index in [1.165, 1.54) is 6.42 Å². The predicted octanol–water partition coefficient (Wildman–Crippen LogP) is -1.39. The first-order chi connectivity index (χ1) is 5.56. The summed E-state index contributed by atoms with van der Waals surface area (Å²) >= 11 is 0. The van der Waals surface area contributed by atoms with Gasteiger partial charge in [0.2, 0.25) is 0 Å². The van der Waals surface area contributed by atoms with E-state index in [1.807, 2.05) is 0 Å². The third-order valence-electron chi connectivity index (χ3n) is 1.93. The van der Waals surface area contributed by atoms with Crippen molar-refractivity contribution in [2.75, 3.05) is 0 Å². The molecule has 0 aromatic carbocycles. The molecule has 1 aliphatic rings. The standard InChI is InChI=1S/C5H8O3.C4H9.Li/c6-4(7)5(8)2-1-3-5;1-3-4-2;/h8H,1-3H2,(H,6,7);1,3-4H2,2H3;/q;-1;+1. The second-order valence-corrected chi connectivity index (χ2v) is 3.04. The van der Waals surface area contributed by atoms with Gasteiger partial charge in [-0.2, -0.15) is 6.42 Å². The molecule has 4 heteroatoms. The SMILES string of the molecule is O=C(O)C1(O)CCC1.[CH2-]CCC.[Li+]. The van der Waals surface area contributed by atoms with Gasteiger partial charge in [-0.25, -0.2) is 4.79 Å². The minimum absolute atomic E-state index is 0. The van der Waals surface area contributed by atoms with Crippen LogP contribution < -0.4 is 18.9 Å². The van der Waals surface area contributed by atoms with Crippen molar-refractivity contribution in [3.05, 3.63) is 6.92 Å². The molecule has 0 aromatic heterocycles. The van der Waals surface area contributed by atoms with Crippen molar-refractivity contribution in [1.29, 1.82) is 0 Å². The molecule has 0 aliphatic heterocycles. The van der Waals surface area contributed by atoms with E-state index in [-0.39, 0.29) is 18.9 Å². The van der Waals surface area contributed by atoms with Crippen molar-refractivity contribution in [3.8, 4) is 0 Å². The Morgan fingerprint density at radius 2 is 1.92 bits per heavy atom. The van der Waals surface area contributed by atoms with Crippen LogP contribution in [0.25, 0.3) is 0 Å². The summed E-state index contributed by atoms with van der Waals surface area (Å²) in [6.45, 7) is 5.72. The van der Waals surface area contributed by atoms with E-state index in [9.17, 15) is 4.79 Å². The number of hydrogen-bond donors (Lipinski definition) is 2. The van der Waals surface area contributed by atoms with Crippen molar-refractivity contribution in [2.24, 2.45) is 0 Å². The zero-order valence-corrected chi connectivity index (χ0v) is 8.55. The van der Waals surface area contributed by atoms with Crippen molar-refractivity contribution < 1.29 is 33.9 Å². The number of rotatable bonds is 2. The largest absolute Gasteiger partial charge is 1.00 e. The zero-order chi connectivity index (χ0) is 9.61. The normalized spacial score (nSPS) is 17.2. The fourth-order valence-electron chi connectivity index (χ4n) is 0.726. The van der Waals surface area contributed by atoms with Crippen LogP contribution >= 0.6 is 0 Å². The van der Waals surface area contributed by atoms with Crippen LogP contribution in [0.4, 0.5) is 0 Å². The summed E-state index contributed by atoms with van der Waals surface area (Å²) in [5.74, 6) is -1.08. The monoisotopic (exact) mass is 180 g/mol. The van der Waals surface area contributed by atoms with Crippen LogP contribution in [0.5, 0.6) is 0 Å². The molecule has 1 fully saturated rings. The Morgan fingerprint density at radius 1 is 1.54 bits per heavy atom. The molecule has 0 unspecified atom stereocenters. The van der Waals surface area contributed by atoms with Gasteiger partial charge in [-0.3, -0.25) is 0 Å². The van der Waals surface area contributed by atoms with Gasteiger partial charge < -0.3 is 17.1 Å². The van der Waals surface area contributed by atoms with E-state index in [1.54, 1.807) is 0 Å². The molecule has 0 radical (unpaired) electrons. The Kier molecular flexibility index (Phi) is 8.86. The molecule has 1 aliphatic carbocycles. The van der Waals surface area contributed by atoms with Crippen molar-refractivity contribution in [3.63, 3.8) is 0 Å². The first kappa shape index (κ1) is 15.5. The van der Waals surface area contributed by atoms with E-state index in [0.717, 1.165) is 12.8 Å². The van der Waals surface area contributed by atoms with Gasteiger partial charge in [-0.1, -0.05) is 13.3 Å². The van der Waals surface area contributed by atoms with Crippen LogP contribution in [0.3, 0.4) is 0 Å². The van der Waals surface area contributed by atoms with Gasteiger partial charge >= 0.3 is 24.8 Å². The van der Waals surface area contributed by atoms with Gasteiger partial charge in [-0.05, 0) is 19.3 Å². The van der Waals surface area contributed by atoms with E-state index >= 15 is 0 Å². The molecule has 1 saturated carbocycles. The third kappa shape index (κ3) is 5.36. The number of carboxylic acids is 1. The number of aliphatic hydroxyl groups is 1. The van der Waals surface area contributed by atoms with Crippen LogP contribution in [0.15, 0.2) is 0 Å². The quantitative estimate of drug-likeness (QED) is 0.406. The molecule has 13 heavy (non-hydrogen) atoms. The minimum Gasteiger partial charge on any atom is -0.479 e. The Morgan fingerprint density at radius 3 is 1.92 bits per heavy atom. The fraction of sp³-hybridized carbons (Fsp3) is 0.778. The minimum atomic E-state index is -1.36. The summed E-state index contributed by atoms with van der Waals surface area (Å²) in [7, 11) is 0. The molecule has 2 N–H and O–H groups in total. The molecule has 0 saturated heterocycles. The van der Waals surface area contributed by atoms with E-state index in [4.69, 9.17) is 10.2 Å². The molecule has 0 aromatic rings. The molecule has 3 nitrogen and oxygen atoms in total. The number of carboxylic acid groups (broad SMARTS) is 1. The van der Waals surface area contributed by atoms with Crippen molar-refractivity contribution in [2.45, 2.75) is 44.6 Å². The molecule has 1 rings (SSSR count). The fourth-order valence-corrected chi connectivity index (χ4v) is 0.726. The van der Waals surface area contributed by atoms with Gasteiger partial charge in [0.05, 0.1) is 0 Å². The average Bonchev–Trinajstić information content (AvgIpc) is 2.00. The first-order valence-corrected chi connectivity index (χ1v) is 4.32. The average molecular weight is 180 g/mol. The summed E-state index contributed by atoms with van der Waals surface area (Å²) < 4.78 is 0. The Bertz CT molecular complexity index is 142. The molecular formula is C9H17LiO3. The summed E-state index contributed by atoms with van der Waals surface area (Å²) in [6, 6.07) is 0. The van der Waals surface area contributed by atoms with Crippen molar-refractivity contribution in [1.82, 2.24) is 0 Å². The predicted molar refractivity (Wildman–Crippen MR) is 46.7 cm³/mol. The van der Waals surface area contributed by atoms with Gasteiger partial charge in [0, 0.05) is 0 Å². The van der Waals surface area contributed by atoms with Crippen LogP contribution in [-0.2, 0) is 4.79 Å². The maximum Gasteiger partial charge on any atom is 1.00 e. The molecule has 0 heterocycles. The molecule has 0 spiro atoms. The molecule has 0 amide bonds. The third-order valence-corrected chi connectivity index (χ3v) is 1.93. The van der Waals surface area contributed by atoms with E-state index < -0.39 is 11.6 Å². The summed E-state index contributed by atoms with van der Waals surface area (Å²) in [4.78, 5) is 10.1. The molecule has 72 valence electrons. The Hall–Kier alpha value is 0.0274. The summed E-state index contributed by atoms with van der Waals surface area (Å²) in [5, 5.41) is 17.1. The molecular weight excluding hydrogens is 163 g/mol. The summed E-state index contributed by atoms with van der Waals surface area (Å²) in [6.07, 6.45) is 3.95. The van der Waals surface area contributed by atoms with E-state index in [0.29, 0.717) is 12.8 Å². The molecule has 0 bridgehead atoms. The Labute approximate surface area is 91.7 Å². The van der Waals surface area contributed by atoms with Crippen molar-refractivity contribution >= 4 is 5.97 Å². The number of unbranched alkanes of at least 4 members (excludes halogenated alkanes) is 1. The van der Waals surface area contributed by atoms with E-state index in [2.05, 4.69) is 13.8 Å². The van der Waals surface area contributed by atoms with Gasteiger partial charge in [-0.15, -0.1) is 0 Å². The van der Waals surface area contributed by atoms with Crippen LogP contribution in [0.1, 0.15) is 39.0 Å².